The van der Waals surface area contributed by atoms with Gasteiger partial charge in [-0.2, -0.15) is 0 Å². The van der Waals surface area contributed by atoms with Crippen LogP contribution >= 0.6 is 0 Å². The van der Waals surface area contributed by atoms with Crippen molar-refractivity contribution >= 4 is 11.9 Å². The Morgan fingerprint density at radius 2 is 0.739 bits per heavy atom. The molecule has 0 aromatic rings. The molecule has 0 unspecified atom stereocenters. The van der Waals surface area contributed by atoms with Gasteiger partial charge in [-0.25, -0.2) is 9.59 Å². The molecule has 0 heterocycles. The Bertz CT molecular complexity index is 672. The molecule has 0 aliphatic rings. The van der Waals surface area contributed by atoms with E-state index >= 15 is 0 Å². The highest BCUT2D eigenvalue weighted by molar-refractivity contribution is 5.82. The van der Waals surface area contributed by atoms with Crippen molar-refractivity contribution in [2.45, 2.75) is 201 Å². The van der Waals surface area contributed by atoms with E-state index in [1.807, 2.05) is 12.2 Å². The van der Waals surface area contributed by atoms with Crippen molar-refractivity contribution in [3.63, 3.8) is 0 Å². The van der Waals surface area contributed by atoms with Crippen molar-refractivity contribution in [1.29, 1.82) is 0 Å². The van der Waals surface area contributed by atoms with Gasteiger partial charge < -0.3 is 14.6 Å². The lowest BCUT2D eigenvalue weighted by Gasteiger charge is -2.25. The summed E-state index contributed by atoms with van der Waals surface area (Å²) >= 11 is 0. The lowest BCUT2D eigenvalue weighted by Crippen LogP contribution is -2.34. The normalized spacial score (nSPS) is 12.0. The summed E-state index contributed by atoms with van der Waals surface area (Å²) in [6.45, 7) is 6.05. The molecule has 0 bridgehead atoms. The van der Waals surface area contributed by atoms with Crippen molar-refractivity contribution in [1.82, 2.24) is 0 Å². The summed E-state index contributed by atoms with van der Waals surface area (Å²) in [6, 6.07) is 0. The molecule has 0 saturated carbocycles. The number of carbonyl (C=O) groups is 2. The first-order valence-electron chi connectivity index (χ1n) is 19.7. The summed E-state index contributed by atoms with van der Waals surface area (Å²) in [5.74, 6) is -0.836. The zero-order valence-corrected chi connectivity index (χ0v) is 30.8. The van der Waals surface area contributed by atoms with E-state index in [1.165, 1.54) is 166 Å². The van der Waals surface area contributed by atoms with Crippen molar-refractivity contribution < 1.29 is 24.2 Å². The van der Waals surface area contributed by atoms with Gasteiger partial charge in [0.1, 0.15) is 13.2 Å². The predicted molar refractivity (Wildman–Crippen MR) is 196 cm³/mol. The number of ether oxygens (including phenoxy) is 2. The summed E-state index contributed by atoms with van der Waals surface area (Å²) in [4.78, 5) is 24.3. The molecule has 0 saturated heterocycles. The number of hydrogen-bond donors (Lipinski definition) is 1. The average molecular weight is 649 g/mol. The van der Waals surface area contributed by atoms with Gasteiger partial charge in [-0.3, -0.25) is 0 Å². The lowest BCUT2D eigenvalue weighted by molar-refractivity contribution is -0.149. The minimum Gasteiger partial charge on any atom is -0.462 e. The van der Waals surface area contributed by atoms with Gasteiger partial charge in [0.15, 0.2) is 0 Å². The number of carbonyl (C=O) groups excluding carboxylic acids is 2. The molecular formula is C41H76O5. The van der Waals surface area contributed by atoms with Crippen LogP contribution in [-0.4, -0.2) is 36.9 Å². The van der Waals surface area contributed by atoms with E-state index in [4.69, 9.17) is 9.47 Å². The van der Waals surface area contributed by atoms with Gasteiger partial charge in [0.25, 0.3) is 0 Å². The SMILES string of the molecule is CCCCCCCCCCCCCCC/C=C/C(=O)OCC(C)(CO)COC(=O)/C=C/CCCCCCCCCCCCCCC. The van der Waals surface area contributed by atoms with Gasteiger partial charge in [0.2, 0.25) is 0 Å². The predicted octanol–water partition coefficient (Wildman–Crippen LogP) is 12.1. The molecule has 0 rings (SSSR count). The van der Waals surface area contributed by atoms with Gasteiger partial charge in [-0.15, -0.1) is 0 Å². The van der Waals surface area contributed by atoms with Crippen molar-refractivity contribution in [3.8, 4) is 0 Å². The highest BCUT2D eigenvalue weighted by atomic mass is 16.5. The van der Waals surface area contributed by atoms with Crippen molar-refractivity contribution in [3.05, 3.63) is 24.3 Å². The Labute approximate surface area is 285 Å². The van der Waals surface area contributed by atoms with Gasteiger partial charge in [0, 0.05) is 12.2 Å². The highest BCUT2D eigenvalue weighted by Gasteiger charge is 2.27. The third-order valence-electron chi connectivity index (χ3n) is 8.96. The van der Waals surface area contributed by atoms with Crippen LogP contribution in [0, 0.1) is 5.41 Å². The fourth-order valence-electron chi connectivity index (χ4n) is 5.64. The molecule has 0 aromatic heterocycles. The first kappa shape index (κ1) is 44.4. The topological polar surface area (TPSA) is 72.8 Å². The number of allylic oxidation sites excluding steroid dienone is 2. The fourth-order valence-corrected chi connectivity index (χ4v) is 5.64. The molecule has 0 fully saturated rings. The summed E-state index contributed by atoms with van der Waals surface area (Å²) in [5.41, 5.74) is -0.822. The molecule has 5 heteroatoms. The maximum atomic E-state index is 12.1. The van der Waals surface area contributed by atoms with E-state index in [-0.39, 0.29) is 19.8 Å². The van der Waals surface area contributed by atoms with E-state index in [0.29, 0.717) is 0 Å². The highest BCUT2D eigenvalue weighted by Crippen LogP contribution is 2.18. The quantitative estimate of drug-likeness (QED) is 0.0420. The molecule has 0 aromatic carbocycles. The van der Waals surface area contributed by atoms with Crippen LogP contribution < -0.4 is 0 Å². The fraction of sp³-hybridized carbons (Fsp3) is 0.854. The first-order chi connectivity index (χ1) is 22.5. The summed E-state index contributed by atoms with van der Waals surface area (Å²) < 4.78 is 10.7. The molecule has 5 nitrogen and oxygen atoms in total. The van der Waals surface area contributed by atoms with E-state index in [0.717, 1.165) is 25.7 Å². The van der Waals surface area contributed by atoms with Crippen LogP contribution in [-0.2, 0) is 19.1 Å². The molecular weight excluding hydrogens is 572 g/mol. The smallest absolute Gasteiger partial charge is 0.330 e. The maximum Gasteiger partial charge on any atom is 0.330 e. The molecule has 270 valence electrons. The van der Waals surface area contributed by atoms with E-state index in [1.54, 1.807) is 6.92 Å². The molecule has 0 radical (unpaired) electrons. The maximum absolute atomic E-state index is 12.1. The van der Waals surface area contributed by atoms with Crippen LogP contribution in [0.4, 0.5) is 0 Å². The second kappa shape index (κ2) is 34.7. The van der Waals surface area contributed by atoms with Crippen LogP contribution in [0.5, 0.6) is 0 Å². The molecule has 0 aliphatic heterocycles. The molecule has 1 N–H and O–H groups in total. The monoisotopic (exact) mass is 649 g/mol. The number of aliphatic hydroxyl groups excluding tert-OH is 1. The second-order valence-electron chi connectivity index (χ2n) is 14.1. The van der Waals surface area contributed by atoms with Crippen LogP contribution in [0.25, 0.3) is 0 Å². The number of hydrogen-bond acceptors (Lipinski definition) is 5. The van der Waals surface area contributed by atoms with Gasteiger partial charge in [-0.05, 0) is 25.7 Å². The Morgan fingerprint density at radius 1 is 0.478 bits per heavy atom. The Morgan fingerprint density at radius 3 is 1.00 bits per heavy atom. The summed E-state index contributed by atoms with van der Waals surface area (Å²) in [5, 5.41) is 9.83. The van der Waals surface area contributed by atoms with Gasteiger partial charge >= 0.3 is 11.9 Å². The zero-order valence-electron chi connectivity index (χ0n) is 30.8. The van der Waals surface area contributed by atoms with Crippen LogP contribution in [0.2, 0.25) is 0 Å². The number of esters is 2. The van der Waals surface area contributed by atoms with E-state index < -0.39 is 17.4 Å². The van der Waals surface area contributed by atoms with Crippen LogP contribution in [0.1, 0.15) is 201 Å². The van der Waals surface area contributed by atoms with E-state index in [2.05, 4.69) is 13.8 Å². The summed E-state index contributed by atoms with van der Waals surface area (Å²) in [6.07, 6.45) is 42.9. The molecule has 0 aliphatic carbocycles. The number of rotatable bonds is 35. The zero-order chi connectivity index (χ0) is 33.8. The van der Waals surface area contributed by atoms with E-state index in [9.17, 15) is 14.7 Å². The van der Waals surface area contributed by atoms with Gasteiger partial charge in [-0.1, -0.05) is 187 Å². The minimum absolute atomic E-state index is 0.00136. The lowest BCUT2D eigenvalue weighted by atomic mass is 9.94. The second-order valence-corrected chi connectivity index (χ2v) is 14.1. The third kappa shape index (κ3) is 32.3. The van der Waals surface area contributed by atoms with Crippen molar-refractivity contribution in [2.24, 2.45) is 5.41 Å². The van der Waals surface area contributed by atoms with Gasteiger partial charge in [0.05, 0.1) is 12.0 Å². The largest absolute Gasteiger partial charge is 0.462 e. The Balaban J connectivity index is 3.75. The minimum atomic E-state index is -0.822. The Hall–Kier alpha value is -1.62. The number of aliphatic hydroxyl groups is 1. The first-order valence-corrected chi connectivity index (χ1v) is 19.7. The number of unbranched alkanes of at least 4 members (excludes halogenated alkanes) is 26. The third-order valence-corrected chi connectivity index (χ3v) is 8.96. The van der Waals surface area contributed by atoms with Crippen LogP contribution in [0.3, 0.4) is 0 Å². The molecule has 0 amide bonds. The molecule has 0 spiro atoms. The summed E-state index contributed by atoms with van der Waals surface area (Å²) in [7, 11) is 0. The standard InChI is InChI=1S/C41H76O5/c1-4-6-8-10-12-14-16-18-20-22-24-26-28-30-32-34-39(43)45-37-41(3,36-42)38-46-40(44)35-33-31-29-27-25-23-21-19-17-15-13-11-9-7-5-2/h32-35,42H,4-31,36-38H2,1-3H3/b34-32+,35-33+. The molecule has 0 atom stereocenters. The Kier molecular flexibility index (Phi) is 33.5. The van der Waals surface area contributed by atoms with Crippen LogP contribution in [0.15, 0.2) is 24.3 Å². The molecule has 46 heavy (non-hydrogen) atoms. The van der Waals surface area contributed by atoms with Crippen molar-refractivity contribution in [2.75, 3.05) is 19.8 Å². The average Bonchev–Trinajstić information content (AvgIpc) is 3.06.